The van der Waals surface area contributed by atoms with Gasteiger partial charge in [0.05, 0.1) is 0 Å². The number of H-pyrrole nitrogens is 1. The van der Waals surface area contributed by atoms with E-state index in [0.29, 0.717) is 0 Å². The van der Waals surface area contributed by atoms with Gasteiger partial charge in [-0.3, -0.25) is 4.57 Å². The Bertz CT molecular complexity index is 590. The molecule has 90 valence electrons. The first-order valence-corrected chi connectivity index (χ1v) is 6.95. The van der Waals surface area contributed by atoms with E-state index in [4.69, 9.17) is 12.2 Å². The van der Waals surface area contributed by atoms with Crippen molar-refractivity contribution in [1.82, 2.24) is 9.55 Å². The van der Waals surface area contributed by atoms with E-state index in [1.54, 1.807) is 0 Å². The molecular formula is C13H15IN2S. The van der Waals surface area contributed by atoms with Gasteiger partial charge in [-0.2, -0.15) is 0 Å². The fourth-order valence-corrected chi connectivity index (χ4v) is 2.58. The standard InChI is InChI=1S/C13H15IN2S/c1-13(2,3)11-8-15-12(17)16(11)10-6-4-5-9(14)7-10/h4-8H,1-3H3,(H,15,17). The average Bonchev–Trinajstić information content (AvgIpc) is 2.59. The molecule has 0 atom stereocenters. The fourth-order valence-electron chi connectivity index (χ4n) is 1.79. The average molecular weight is 358 g/mol. The van der Waals surface area contributed by atoms with Crippen LogP contribution in [0.25, 0.3) is 5.69 Å². The molecule has 0 aliphatic heterocycles. The highest BCUT2D eigenvalue weighted by Gasteiger charge is 2.20. The van der Waals surface area contributed by atoms with Gasteiger partial charge in [0.1, 0.15) is 0 Å². The van der Waals surface area contributed by atoms with Gasteiger partial charge in [0.2, 0.25) is 0 Å². The van der Waals surface area contributed by atoms with Crippen LogP contribution >= 0.6 is 34.8 Å². The van der Waals surface area contributed by atoms with Crippen LogP contribution in [0.1, 0.15) is 26.5 Å². The first-order valence-electron chi connectivity index (χ1n) is 5.46. The van der Waals surface area contributed by atoms with Crippen LogP contribution < -0.4 is 0 Å². The maximum Gasteiger partial charge on any atom is 0.182 e. The summed E-state index contributed by atoms with van der Waals surface area (Å²) in [7, 11) is 0. The number of halogens is 1. The Kier molecular flexibility index (Phi) is 3.45. The Balaban J connectivity index is 2.67. The maximum absolute atomic E-state index is 5.37. The van der Waals surface area contributed by atoms with Crippen molar-refractivity contribution in [3.05, 3.63) is 44.5 Å². The number of aromatic nitrogens is 2. The van der Waals surface area contributed by atoms with Crippen molar-refractivity contribution in [2.45, 2.75) is 26.2 Å². The Hall–Kier alpha value is -0.620. The summed E-state index contributed by atoms with van der Waals surface area (Å²) in [5.41, 5.74) is 2.38. The number of hydrogen-bond acceptors (Lipinski definition) is 1. The molecule has 0 spiro atoms. The number of nitrogens with zero attached hydrogens (tertiary/aromatic N) is 1. The zero-order valence-electron chi connectivity index (χ0n) is 10.1. The minimum absolute atomic E-state index is 0.0643. The van der Waals surface area contributed by atoms with Crippen LogP contribution in [0.4, 0.5) is 0 Å². The first-order chi connectivity index (χ1) is 7.89. The van der Waals surface area contributed by atoms with Crippen molar-refractivity contribution in [3.8, 4) is 5.69 Å². The molecule has 0 amide bonds. The minimum atomic E-state index is 0.0643. The molecule has 2 nitrogen and oxygen atoms in total. The highest BCUT2D eigenvalue weighted by molar-refractivity contribution is 14.1. The third-order valence-corrected chi connectivity index (χ3v) is 3.58. The highest BCUT2D eigenvalue weighted by atomic mass is 127. The number of nitrogens with one attached hydrogen (secondary N) is 1. The van der Waals surface area contributed by atoms with E-state index in [-0.39, 0.29) is 5.41 Å². The molecule has 17 heavy (non-hydrogen) atoms. The Labute approximate surface area is 120 Å². The van der Waals surface area contributed by atoms with Gasteiger partial charge in [-0.15, -0.1) is 0 Å². The van der Waals surface area contributed by atoms with E-state index in [0.717, 1.165) is 10.5 Å². The zero-order valence-corrected chi connectivity index (χ0v) is 13.1. The predicted molar refractivity (Wildman–Crippen MR) is 82.4 cm³/mol. The van der Waals surface area contributed by atoms with Crippen LogP contribution in [0, 0.1) is 8.34 Å². The fraction of sp³-hybridized carbons (Fsp3) is 0.308. The van der Waals surface area contributed by atoms with Crippen LogP contribution in [-0.2, 0) is 5.41 Å². The largest absolute Gasteiger partial charge is 0.337 e. The third kappa shape index (κ3) is 2.63. The Morgan fingerprint density at radius 1 is 1.29 bits per heavy atom. The van der Waals surface area contributed by atoms with Crippen molar-refractivity contribution >= 4 is 34.8 Å². The quantitative estimate of drug-likeness (QED) is 0.591. The summed E-state index contributed by atoms with van der Waals surface area (Å²) >= 11 is 7.69. The number of benzene rings is 1. The number of rotatable bonds is 1. The van der Waals surface area contributed by atoms with Gasteiger partial charge in [0.15, 0.2) is 4.77 Å². The molecule has 0 saturated carbocycles. The second-order valence-corrected chi connectivity index (χ2v) is 6.68. The molecule has 0 bridgehead atoms. The molecule has 4 heteroatoms. The summed E-state index contributed by atoms with van der Waals surface area (Å²) in [6.07, 6.45) is 2.00. The van der Waals surface area contributed by atoms with Gasteiger partial charge in [0.25, 0.3) is 0 Å². The van der Waals surface area contributed by atoms with Crippen molar-refractivity contribution in [1.29, 1.82) is 0 Å². The molecule has 0 aliphatic carbocycles. The molecule has 1 N–H and O–H groups in total. The lowest BCUT2D eigenvalue weighted by atomic mass is 9.92. The lowest BCUT2D eigenvalue weighted by Gasteiger charge is -2.20. The summed E-state index contributed by atoms with van der Waals surface area (Å²) in [4.78, 5) is 3.14. The summed E-state index contributed by atoms with van der Waals surface area (Å²) in [5.74, 6) is 0. The topological polar surface area (TPSA) is 20.7 Å². The predicted octanol–water partition coefficient (Wildman–Crippen LogP) is 4.44. The van der Waals surface area contributed by atoms with E-state index in [1.807, 2.05) is 6.20 Å². The van der Waals surface area contributed by atoms with Crippen LogP contribution in [0.3, 0.4) is 0 Å². The number of imidazole rings is 1. The van der Waals surface area contributed by atoms with Crippen LogP contribution in [0.15, 0.2) is 30.5 Å². The highest BCUT2D eigenvalue weighted by Crippen LogP contribution is 2.25. The summed E-state index contributed by atoms with van der Waals surface area (Å²) < 4.78 is 4.07. The van der Waals surface area contributed by atoms with Crippen LogP contribution in [-0.4, -0.2) is 9.55 Å². The molecule has 1 heterocycles. The van der Waals surface area contributed by atoms with Crippen molar-refractivity contribution in [3.63, 3.8) is 0 Å². The monoisotopic (exact) mass is 358 g/mol. The van der Waals surface area contributed by atoms with E-state index in [1.165, 1.54) is 9.26 Å². The molecule has 0 saturated heterocycles. The van der Waals surface area contributed by atoms with Gasteiger partial charge in [0, 0.05) is 26.6 Å². The van der Waals surface area contributed by atoms with Crippen LogP contribution in [0.5, 0.6) is 0 Å². The van der Waals surface area contributed by atoms with Gasteiger partial charge in [-0.05, 0) is 53.0 Å². The van der Waals surface area contributed by atoms with Crippen molar-refractivity contribution < 1.29 is 0 Å². The molecule has 0 unspecified atom stereocenters. The van der Waals surface area contributed by atoms with Crippen LogP contribution in [0.2, 0.25) is 0 Å². The Morgan fingerprint density at radius 3 is 2.59 bits per heavy atom. The second-order valence-electron chi connectivity index (χ2n) is 5.04. The van der Waals surface area contributed by atoms with E-state index >= 15 is 0 Å². The smallest absolute Gasteiger partial charge is 0.182 e. The van der Waals surface area contributed by atoms with Gasteiger partial charge in [-0.25, -0.2) is 0 Å². The maximum atomic E-state index is 5.37. The van der Waals surface area contributed by atoms with E-state index in [2.05, 4.69) is 77.2 Å². The number of hydrogen-bond donors (Lipinski definition) is 1. The SMILES string of the molecule is CC(C)(C)c1c[nH]c(=S)n1-c1cccc(I)c1. The van der Waals surface area contributed by atoms with E-state index in [9.17, 15) is 0 Å². The number of aromatic amines is 1. The molecule has 0 radical (unpaired) electrons. The lowest BCUT2D eigenvalue weighted by molar-refractivity contribution is 0.556. The normalized spacial score (nSPS) is 11.8. The van der Waals surface area contributed by atoms with Crippen molar-refractivity contribution in [2.24, 2.45) is 0 Å². The van der Waals surface area contributed by atoms with E-state index < -0.39 is 0 Å². The van der Waals surface area contributed by atoms with Gasteiger partial charge < -0.3 is 4.98 Å². The Morgan fingerprint density at radius 2 is 2.00 bits per heavy atom. The molecular weight excluding hydrogens is 343 g/mol. The third-order valence-electron chi connectivity index (χ3n) is 2.61. The molecule has 1 aromatic heterocycles. The van der Waals surface area contributed by atoms with Crippen molar-refractivity contribution in [2.75, 3.05) is 0 Å². The molecule has 2 aromatic rings. The van der Waals surface area contributed by atoms with Gasteiger partial charge >= 0.3 is 0 Å². The first kappa shape index (κ1) is 12.8. The summed E-state index contributed by atoms with van der Waals surface area (Å²) in [5, 5.41) is 0. The molecule has 1 aromatic carbocycles. The van der Waals surface area contributed by atoms with Gasteiger partial charge in [-0.1, -0.05) is 26.8 Å². The molecule has 2 rings (SSSR count). The minimum Gasteiger partial charge on any atom is -0.337 e. The lowest BCUT2D eigenvalue weighted by Crippen LogP contribution is -2.16. The molecule has 0 aliphatic rings. The zero-order chi connectivity index (χ0) is 12.6. The summed E-state index contributed by atoms with van der Waals surface area (Å²) in [6.45, 7) is 6.57. The molecule has 0 fully saturated rings. The second kappa shape index (κ2) is 4.57. The summed E-state index contributed by atoms with van der Waals surface area (Å²) in [6, 6.07) is 8.36.